The van der Waals surface area contributed by atoms with Crippen LogP contribution in [0.4, 0.5) is 0 Å². The highest BCUT2D eigenvalue weighted by atomic mass is 35.6. The molecule has 186 valence electrons. The molecule has 1 rings (SSSR count). The molecule has 9 nitrogen and oxygen atoms in total. The molecule has 1 aliphatic heterocycles. The van der Waals surface area contributed by atoms with E-state index >= 15 is 0 Å². The predicted molar refractivity (Wildman–Crippen MR) is 126 cm³/mol. The molecule has 0 amide bonds. The largest absolute Gasteiger partial charge is 0.445 e. The fraction of sp³-hybridized carbons (Fsp3) is 0.950. The zero-order chi connectivity index (χ0) is 24.0. The number of nitrogens with zero attached hydrogens (tertiary/aromatic N) is 3. The van der Waals surface area contributed by atoms with Crippen molar-refractivity contribution in [1.82, 2.24) is 0 Å². The van der Waals surface area contributed by atoms with Crippen LogP contribution in [0.1, 0.15) is 59.3 Å². The number of hydrogen-bond donors (Lipinski definition) is 1. The molecule has 1 N–H and O–H groups in total. The highest BCUT2D eigenvalue weighted by Gasteiger charge is 2.50. The van der Waals surface area contributed by atoms with Gasteiger partial charge in [0.05, 0.1) is 12.6 Å². The molecular weight excluding hydrogens is 483 g/mol. The van der Waals surface area contributed by atoms with Crippen LogP contribution in [-0.4, -0.2) is 66.8 Å². The van der Waals surface area contributed by atoms with Gasteiger partial charge < -0.3 is 23.7 Å². The number of alkyl halides is 3. The Bertz CT molecular complexity index is 590. The van der Waals surface area contributed by atoms with Gasteiger partial charge in [-0.1, -0.05) is 80.0 Å². The smallest absolute Gasteiger partial charge is 0.265 e. The first-order chi connectivity index (χ1) is 15.3. The summed E-state index contributed by atoms with van der Waals surface area (Å²) in [6.45, 7) is 7.57. The second-order valence-electron chi connectivity index (χ2n) is 7.47. The number of halogens is 3. The molecule has 12 heteroatoms. The number of ether oxygens (including phenoxy) is 5. The molecule has 5 atom stereocenters. The van der Waals surface area contributed by atoms with E-state index in [1.165, 1.54) is 0 Å². The Hall–Kier alpha value is -0.510. The van der Waals surface area contributed by atoms with Crippen molar-refractivity contribution in [2.24, 2.45) is 5.11 Å². The molecule has 2 unspecified atom stereocenters. The van der Waals surface area contributed by atoms with Crippen LogP contribution in [0.25, 0.3) is 10.4 Å². The zero-order valence-electron chi connectivity index (χ0n) is 19.0. The summed E-state index contributed by atoms with van der Waals surface area (Å²) < 4.78 is 28.0. The Morgan fingerprint density at radius 1 is 0.938 bits per heavy atom. The topological polar surface area (TPSA) is 119 Å². The summed E-state index contributed by atoms with van der Waals surface area (Å²) in [5.41, 5.74) is 8.84. The minimum atomic E-state index is -2.06. The van der Waals surface area contributed by atoms with Crippen molar-refractivity contribution in [1.29, 1.82) is 5.41 Å². The molecule has 1 aliphatic rings. The van der Waals surface area contributed by atoms with Gasteiger partial charge in [-0.25, -0.2) is 0 Å². The summed E-state index contributed by atoms with van der Waals surface area (Å²) in [5.74, 6) is -0.600. The molecule has 1 heterocycles. The summed E-state index contributed by atoms with van der Waals surface area (Å²) in [7, 11) is 0. The Morgan fingerprint density at radius 3 is 1.91 bits per heavy atom. The van der Waals surface area contributed by atoms with Crippen LogP contribution in [0, 0.1) is 5.41 Å². The van der Waals surface area contributed by atoms with E-state index in [9.17, 15) is 0 Å². The maximum atomic E-state index is 8.84. The minimum absolute atomic E-state index is 0.0103. The summed E-state index contributed by atoms with van der Waals surface area (Å²) >= 11 is 17.4. The molecule has 0 aromatic heterocycles. The van der Waals surface area contributed by atoms with Gasteiger partial charge in [0.15, 0.2) is 0 Å². The van der Waals surface area contributed by atoms with Gasteiger partial charge in [0.1, 0.15) is 18.3 Å². The second-order valence-corrected chi connectivity index (χ2v) is 9.75. The average Bonchev–Trinajstić information content (AvgIpc) is 2.74. The third-order valence-corrected chi connectivity index (χ3v) is 5.35. The summed E-state index contributed by atoms with van der Waals surface area (Å²) in [5, 5.41) is 11.7. The first-order valence-corrected chi connectivity index (χ1v) is 12.3. The number of azide groups is 1. The molecule has 0 bridgehead atoms. The lowest BCUT2D eigenvalue weighted by atomic mass is 9.97. The number of hydrogen-bond acceptors (Lipinski definition) is 7. The van der Waals surface area contributed by atoms with Crippen molar-refractivity contribution >= 4 is 40.7 Å². The highest BCUT2D eigenvalue weighted by molar-refractivity contribution is 6.76. The summed E-state index contributed by atoms with van der Waals surface area (Å²) in [6.07, 6.45) is 1.68. The summed E-state index contributed by atoms with van der Waals surface area (Å²) in [4.78, 5) is 2.84. The van der Waals surface area contributed by atoms with Gasteiger partial charge in [-0.3, -0.25) is 5.41 Å². The first kappa shape index (κ1) is 29.5. The van der Waals surface area contributed by atoms with Gasteiger partial charge in [0.25, 0.3) is 3.79 Å². The molecule has 1 fully saturated rings. The van der Waals surface area contributed by atoms with E-state index < -0.39 is 40.4 Å². The predicted octanol–water partition coefficient (Wildman–Crippen LogP) is 5.94. The summed E-state index contributed by atoms with van der Waals surface area (Å²) in [6, 6.07) is 0. The van der Waals surface area contributed by atoms with Gasteiger partial charge >= 0.3 is 0 Å². The monoisotopic (exact) mass is 516 g/mol. The Kier molecular flexibility index (Phi) is 14.9. The van der Waals surface area contributed by atoms with Crippen LogP contribution in [0.2, 0.25) is 0 Å². The normalized spacial score (nSPS) is 25.9. The fourth-order valence-electron chi connectivity index (χ4n) is 3.08. The maximum Gasteiger partial charge on any atom is 0.265 e. The third-order valence-electron chi connectivity index (χ3n) is 4.83. The Morgan fingerprint density at radius 2 is 1.44 bits per heavy atom. The van der Waals surface area contributed by atoms with Crippen LogP contribution in [0.3, 0.4) is 0 Å². The van der Waals surface area contributed by atoms with E-state index in [1.807, 2.05) is 0 Å². The lowest BCUT2D eigenvalue weighted by Gasteiger charge is -2.45. The van der Waals surface area contributed by atoms with Crippen LogP contribution in [0.15, 0.2) is 5.11 Å². The molecule has 1 saturated heterocycles. The molecule has 32 heavy (non-hydrogen) atoms. The molecular formula is C20H35Cl3N4O5. The Balaban J connectivity index is 3.24. The maximum absolute atomic E-state index is 8.84. The van der Waals surface area contributed by atoms with Gasteiger partial charge in [0.2, 0.25) is 12.2 Å². The minimum Gasteiger partial charge on any atom is -0.445 e. The van der Waals surface area contributed by atoms with E-state index in [-0.39, 0.29) is 6.54 Å². The molecule has 0 saturated carbocycles. The van der Waals surface area contributed by atoms with Crippen molar-refractivity contribution in [2.75, 3.05) is 26.4 Å². The lowest BCUT2D eigenvalue weighted by Crippen LogP contribution is -2.62. The van der Waals surface area contributed by atoms with Crippen molar-refractivity contribution < 1.29 is 23.7 Å². The van der Waals surface area contributed by atoms with Crippen LogP contribution < -0.4 is 0 Å². The highest BCUT2D eigenvalue weighted by Crippen LogP contribution is 2.33. The van der Waals surface area contributed by atoms with Crippen molar-refractivity contribution in [3.05, 3.63) is 10.4 Å². The average molecular weight is 518 g/mol. The first-order valence-electron chi connectivity index (χ1n) is 11.1. The van der Waals surface area contributed by atoms with Gasteiger partial charge in [-0.2, -0.15) is 0 Å². The van der Waals surface area contributed by atoms with E-state index in [1.54, 1.807) is 0 Å². The van der Waals surface area contributed by atoms with Crippen molar-refractivity contribution in [3.63, 3.8) is 0 Å². The van der Waals surface area contributed by atoms with Crippen LogP contribution in [0.5, 0.6) is 0 Å². The third kappa shape index (κ3) is 10.2. The Labute approximate surface area is 205 Å². The van der Waals surface area contributed by atoms with Gasteiger partial charge in [0, 0.05) is 24.7 Å². The van der Waals surface area contributed by atoms with Gasteiger partial charge in [-0.15, -0.1) is 0 Å². The van der Waals surface area contributed by atoms with Crippen molar-refractivity contribution in [3.8, 4) is 0 Å². The SMILES string of the molecule is CCCCOC1[C@@H](OCCCC)C(CN=[N+]=[N-])O[C@@H](OC(=N)C(Cl)(Cl)Cl)[C@H]1OCCCC. The molecule has 0 spiro atoms. The number of rotatable bonds is 15. The molecule has 0 aromatic carbocycles. The quantitative estimate of drug-likeness (QED) is 0.0548. The lowest BCUT2D eigenvalue weighted by molar-refractivity contribution is -0.300. The van der Waals surface area contributed by atoms with Crippen LogP contribution >= 0.6 is 34.8 Å². The van der Waals surface area contributed by atoms with Gasteiger partial charge in [-0.05, 0) is 24.8 Å². The van der Waals surface area contributed by atoms with E-state index in [0.29, 0.717) is 19.8 Å². The zero-order valence-corrected chi connectivity index (χ0v) is 21.2. The van der Waals surface area contributed by atoms with E-state index in [0.717, 1.165) is 38.5 Å². The second kappa shape index (κ2) is 16.2. The van der Waals surface area contributed by atoms with E-state index in [2.05, 4.69) is 30.8 Å². The van der Waals surface area contributed by atoms with Crippen molar-refractivity contribution in [2.45, 2.75) is 93.8 Å². The molecule has 0 aromatic rings. The number of nitrogens with one attached hydrogen (secondary N) is 1. The molecule has 0 aliphatic carbocycles. The number of unbranched alkanes of at least 4 members (excludes halogenated alkanes) is 3. The fourth-order valence-corrected chi connectivity index (χ4v) is 3.21. The van der Waals surface area contributed by atoms with E-state index in [4.69, 9.17) is 69.4 Å². The molecule has 0 radical (unpaired) electrons. The van der Waals surface area contributed by atoms with Crippen LogP contribution in [-0.2, 0) is 23.7 Å². The standard InChI is InChI=1S/C20H35Cl3N4O5/c1-4-7-10-28-15-14(13-26-27-25)31-18(32-19(24)20(21,22)23)17(30-12-9-6-3)16(15)29-11-8-5-2/h14-18,24H,4-13H2,1-3H3/t14?,15-,16?,17-,18-/m0/s1.